The van der Waals surface area contributed by atoms with E-state index < -0.39 is 0 Å². The van der Waals surface area contributed by atoms with Gasteiger partial charge in [-0.15, -0.1) is 0 Å². The molecule has 180 valence electrons. The van der Waals surface area contributed by atoms with Crippen LogP contribution in [0.25, 0.3) is 11.0 Å². The molecule has 1 N–H and O–H groups in total. The van der Waals surface area contributed by atoms with Crippen molar-refractivity contribution >= 4 is 22.6 Å². The van der Waals surface area contributed by atoms with E-state index in [9.17, 15) is 0 Å². The summed E-state index contributed by atoms with van der Waals surface area (Å²) in [7, 11) is 0. The standard InChI is InChI=1S/C28H36ClN5/c1-2-34-26-8-5-7-22(21-32-19-14-25(15-20-32)33-17-3-4-18-33)28(26)31-27(34)9-6-16-30-24-12-10-23(29)11-13-24/h5,7-8,10-12,24-25,30H,2-4,13-21H2,1H3. The van der Waals surface area contributed by atoms with E-state index in [0.29, 0.717) is 12.6 Å². The van der Waals surface area contributed by atoms with Crippen LogP contribution in [0.5, 0.6) is 0 Å². The van der Waals surface area contributed by atoms with Gasteiger partial charge >= 0.3 is 0 Å². The summed E-state index contributed by atoms with van der Waals surface area (Å²) >= 11 is 6.01. The molecule has 0 saturated carbocycles. The number of hydrogen-bond acceptors (Lipinski definition) is 4. The maximum absolute atomic E-state index is 6.01. The molecule has 2 saturated heterocycles. The number of nitrogens with one attached hydrogen (secondary N) is 1. The highest BCUT2D eigenvalue weighted by atomic mass is 35.5. The molecule has 1 aliphatic carbocycles. The largest absolute Gasteiger partial charge is 0.318 e. The van der Waals surface area contributed by atoms with E-state index in [1.54, 1.807) is 0 Å². The Kier molecular flexibility index (Phi) is 7.71. The van der Waals surface area contributed by atoms with Crippen LogP contribution in [0.4, 0.5) is 0 Å². The van der Waals surface area contributed by atoms with E-state index >= 15 is 0 Å². The Morgan fingerprint density at radius 2 is 1.97 bits per heavy atom. The highest BCUT2D eigenvalue weighted by Crippen LogP contribution is 2.25. The van der Waals surface area contributed by atoms with E-state index in [2.05, 4.69) is 62.7 Å². The summed E-state index contributed by atoms with van der Waals surface area (Å²) in [6.45, 7) is 9.62. The number of imidazole rings is 1. The third-order valence-corrected chi connectivity index (χ3v) is 7.77. The minimum atomic E-state index is 0.294. The molecule has 0 bridgehead atoms. The molecular formula is C28H36ClN5. The highest BCUT2D eigenvalue weighted by Gasteiger charge is 2.26. The van der Waals surface area contributed by atoms with Crippen LogP contribution in [-0.2, 0) is 13.1 Å². The molecule has 2 aromatic rings. The zero-order valence-electron chi connectivity index (χ0n) is 20.3. The van der Waals surface area contributed by atoms with Crippen LogP contribution >= 0.6 is 11.6 Å². The van der Waals surface area contributed by atoms with Crippen molar-refractivity contribution in [2.45, 2.75) is 64.2 Å². The Balaban J connectivity index is 1.24. The molecule has 5 nitrogen and oxygen atoms in total. The number of likely N-dealkylation sites (tertiary alicyclic amines) is 2. The van der Waals surface area contributed by atoms with Gasteiger partial charge in [0.25, 0.3) is 0 Å². The average Bonchev–Trinajstić information content (AvgIpc) is 3.52. The van der Waals surface area contributed by atoms with Gasteiger partial charge in [-0.3, -0.25) is 10.2 Å². The molecule has 1 unspecified atom stereocenters. The SMILES string of the molecule is CCn1c(C#CCNC2C=CC(Cl)=CC2)nc2c(CN3CCC(N4CCCC4)CC3)cccc21. The molecule has 1 atom stereocenters. The minimum absolute atomic E-state index is 0.294. The van der Waals surface area contributed by atoms with Gasteiger partial charge in [-0.05, 0) is 88.8 Å². The normalized spacial score (nSPS) is 22.2. The number of aromatic nitrogens is 2. The second-order valence-electron chi connectivity index (χ2n) is 9.69. The van der Waals surface area contributed by atoms with Crippen LogP contribution in [0, 0.1) is 11.8 Å². The first-order valence-electron chi connectivity index (χ1n) is 12.9. The van der Waals surface area contributed by atoms with E-state index in [1.165, 1.54) is 62.9 Å². The Morgan fingerprint density at radius 3 is 2.71 bits per heavy atom. The summed E-state index contributed by atoms with van der Waals surface area (Å²) < 4.78 is 2.24. The van der Waals surface area contributed by atoms with Crippen LogP contribution in [0.3, 0.4) is 0 Å². The maximum Gasteiger partial charge on any atom is 0.186 e. The molecule has 0 spiro atoms. The number of para-hydroxylation sites is 1. The van der Waals surface area contributed by atoms with Crippen molar-refractivity contribution in [1.29, 1.82) is 0 Å². The van der Waals surface area contributed by atoms with E-state index in [0.717, 1.165) is 41.9 Å². The molecule has 2 aliphatic heterocycles. The van der Waals surface area contributed by atoms with Gasteiger partial charge in [0.15, 0.2) is 5.82 Å². The molecule has 0 radical (unpaired) electrons. The lowest BCUT2D eigenvalue weighted by Crippen LogP contribution is -2.43. The number of piperidine rings is 1. The molecular weight excluding hydrogens is 442 g/mol. The van der Waals surface area contributed by atoms with Crippen molar-refractivity contribution in [2.24, 2.45) is 0 Å². The molecule has 0 amide bonds. The predicted octanol–water partition coefficient (Wildman–Crippen LogP) is 4.51. The number of nitrogens with zero attached hydrogens (tertiary/aromatic N) is 4. The zero-order chi connectivity index (χ0) is 23.3. The van der Waals surface area contributed by atoms with Crippen molar-refractivity contribution in [2.75, 3.05) is 32.7 Å². The van der Waals surface area contributed by atoms with Crippen molar-refractivity contribution in [3.05, 3.63) is 52.8 Å². The summed E-state index contributed by atoms with van der Waals surface area (Å²) in [6, 6.07) is 7.69. The topological polar surface area (TPSA) is 36.3 Å². The molecule has 34 heavy (non-hydrogen) atoms. The predicted molar refractivity (Wildman–Crippen MR) is 141 cm³/mol. The van der Waals surface area contributed by atoms with Crippen molar-refractivity contribution in [3.8, 4) is 11.8 Å². The summed E-state index contributed by atoms with van der Waals surface area (Å²) in [5.74, 6) is 7.47. The lowest BCUT2D eigenvalue weighted by molar-refractivity contribution is 0.123. The summed E-state index contributed by atoms with van der Waals surface area (Å²) in [5, 5.41) is 4.27. The van der Waals surface area contributed by atoms with Crippen molar-refractivity contribution in [1.82, 2.24) is 24.7 Å². The monoisotopic (exact) mass is 477 g/mol. The fraction of sp³-hybridized carbons (Fsp3) is 0.536. The van der Waals surface area contributed by atoms with Gasteiger partial charge in [-0.1, -0.05) is 41.8 Å². The first-order chi connectivity index (χ1) is 16.7. The van der Waals surface area contributed by atoms with Crippen LogP contribution < -0.4 is 5.32 Å². The van der Waals surface area contributed by atoms with Gasteiger partial charge in [0.05, 0.1) is 17.6 Å². The number of benzene rings is 1. The third kappa shape index (κ3) is 5.42. The van der Waals surface area contributed by atoms with Gasteiger partial charge in [0.1, 0.15) is 0 Å². The molecule has 1 aromatic carbocycles. The second-order valence-corrected chi connectivity index (χ2v) is 10.1. The summed E-state index contributed by atoms with van der Waals surface area (Å²) in [6.07, 6.45) is 12.3. The Labute approximate surface area is 208 Å². The maximum atomic E-state index is 6.01. The number of hydrogen-bond donors (Lipinski definition) is 1. The Bertz CT molecular complexity index is 1110. The highest BCUT2D eigenvalue weighted by molar-refractivity contribution is 6.31. The molecule has 3 heterocycles. The molecule has 3 aliphatic rings. The number of halogens is 1. The first-order valence-corrected chi connectivity index (χ1v) is 13.3. The zero-order valence-corrected chi connectivity index (χ0v) is 21.0. The lowest BCUT2D eigenvalue weighted by Gasteiger charge is -2.36. The number of aryl methyl sites for hydroxylation is 1. The van der Waals surface area contributed by atoms with E-state index in [-0.39, 0.29) is 0 Å². The molecule has 2 fully saturated rings. The summed E-state index contributed by atoms with van der Waals surface area (Å²) in [5.41, 5.74) is 3.62. The molecule has 1 aromatic heterocycles. The van der Waals surface area contributed by atoms with Crippen LogP contribution in [0.15, 0.2) is 41.5 Å². The smallest absolute Gasteiger partial charge is 0.186 e. The molecule has 5 rings (SSSR count). The first kappa shape index (κ1) is 23.6. The van der Waals surface area contributed by atoms with Gasteiger partial charge in [0, 0.05) is 30.2 Å². The van der Waals surface area contributed by atoms with Crippen molar-refractivity contribution < 1.29 is 0 Å². The number of fused-ring (bicyclic) bond motifs is 1. The van der Waals surface area contributed by atoms with Gasteiger partial charge in [0.2, 0.25) is 0 Å². The average molecular weight is 478 g/mol. The summed E-state index contributed by atoms with van der Waals surface area (Å²) in [4.78, 5) is 10.3. The Hall–Kier alpha value is -2.10. The number of allylic oxidation sites excluding steroid dienone is 2. The van der Waals surface area contributed by atoms with Crippen LogP contribution in [0.2, 0.25) is 0 Å². The molecule has 6 heteroatoms. The number of rotatable bonds is 6. The fourth-order valence-electron chi connectivity index (χ4n) is 5.59. The quantitative estimate of drug-likeness (QED) is 0.621. The van der Waals surface area contributed by atoms with Crippen LogP contribution in [-0.4, -0.2) is 64.2 Å². The van der Waals surface area contributed by atoms with E-state index in [1.807, 2.05) is 12.2 Å². The van der Waals surface area contributed by atoms with Crippen molar-refractivity contribution in [3.63, 3.8) is 0 Å². The third-order valence-electron chi connectivity index (χ3n) is 7.49. The Morgan fingerprint density at radius 1 is 1.15 bits per heavy atom. The van der Waals surface area contributed by atoms with E-state index in [4.69, 9.17) is 16.6 Å². The fourth-order valence-corrected chi connectivity index (χ4v) is 5.75. The second kappa shape index (κ2) is 11.1. The lowest BCUT2D eigenvalue weighted by atomic mass is 10.0. The van der Waals surface area contributed by atoms with Gasteiger partial charge in [-0.2, -0.15) is 0 Å². The van der Waals surface area contributed by atoms with Gasteiger partial charge < -0.3 is 9.47 Å². The van der Waals surface area contributed by atoms with Gasteiger partial charge in [-0.25, -0.2) is 4.98 Å². The van der Waals surface area contributed by atoms with Crippen LogP contribution in [0.1, 0.15) is 50.4 Å². The minimum Gasteiger partial charge on any atom is -0.318 e.